The summed E-state index contributed by atoms with van der Waals surface area (Å²) in [6.45, 7) is 0.493. The molecule has 2 N–H and O–H groups in total. The molecular weight excluding hydrogens is 237 g/mol. The largest absolute Gasteiger partial charge is 0.490 e. The van der Waals surface area contributed by atoms with Gasteiger partial charge in [0.05, 0.1) is 6.61 Å². The number of ether oxygens (including phenoxy) is 1. The second-order valence-electron chi connectivity index (χ2n) is 3.05. The molecule has 13 heavy (non-hydrogen) atoms. The summed E-state index contributed by atoms with van der Waals surface area (Å²) in [5, 5.41) is 0. The third kappa shape index (κ3) is 1.56. The van der Waals surface area contributed by atoms with Crippen LogP contribution >= 0.6 is 15.9 Å². The van der Waals surface area contributed by atoms with Crippen LogP contribution in [0.5, 0.6) is 5.75 Å². The van der Waals surface area contributed by atoms with E-state index in [2.05, 4.69) is 15.9 Å². The highest BCUT2D eigenvalue weighted by Gasteiger charge is 2.21. The van der Waals surface area contributed by atoms with E-state index in [0.29, 0.717) is 16.8 Å². The van der Waals surface area contributed by atoms with Gasteiger partial charge >= 0.3 is 0 Å². The summed E-state index contributed by atoms with van der Waals surface area (Å²) in [6.07, 6.45) is 0.739. The number of rotatable bonds is 0. The standard InChI is InChI=1S/C9H9BrFNO/c10-5-3-6-8(12)1-2-13-9(6)7(11)4-5/h3-4,8H,1-2,12H2/t8-/m0/s1. The van der Waals surface area contributed by atoms with Crippen molar-refractivity contribution in [3.8, 4) is 5.75 Å². The minimum Gasteiger partial charge on any atom is -0.490 e. The lowest BCUT2D eigenvalue weighted by Gasteiger charge is -2.23. The van der Waals surface area contributed by atoms with Gasteiger partial charge in [-0.25, -0.2) is 4.39 Å². The molecular formula is C9H9BrFNO. The number of halogens is 2. The topological polar surface area (TPSA) is 35.2 Å². The number of nitrogens with two attached hydrogens (primary N) is 1. The van der Waals surface area contributed by atoms with Crippen molar-refractivity contribution < 1.29 is 9.13 Å². The lowest BCUT2D eigenvalue weighted by molar-refractivity contribution is 0.255. The molecule has 1 aromatic rings. The van der Waals surface area contributed by atoms with Gasteiger partial charge in [-0.15, -0.1) is 0 Å². The van der Waals surface area contributed by atoms with Gasteiger partial charge in [-0.2, -0.15) is 0 Å². The Morgan fingerprint density at radius 1 is 1.54 bits per heavy atom. The first-order valence-corrected chi connectivity index (χ1v) is 4.85. The van der Waals surface area contributed by atoms with Crippen molar-refractivity contribution >= 4 is 15.9 Å². The summed E-state index contributed by atoms with van der Waals surface area (Å²) in [4.78, 5) is 0. The first-order valence-electron chi connectivity index (χ1n) is 4.06. The molecule has 0 aromatic heterocycles. The summed E-state index contributed by atoms with van der Waals surface area (Å²) >= 11 is 3.22. The fraction of sp³-hybridized carbons (Fsp3) is 0.333. The summed E-state index contributed by atoms with van der Waals surface area (Å²) in [6, 6.07) is 3.08. The van der Waals surface area contributed by atoms with Crippen molar-refractivity contribution in [3.63, 3.8) is 0 Å². The number of hydrogen-bond donors (Lipinski definition) is 1. The molecule has 4 heteroatoms. The molecule has 0 radical (unpaired) electrons. The van der Waals surface area contributed by atoms with Crippen LogP contribution < -0.4 is 10.5 Å². The van der Waals surface area contributed by atoms with Crippen LogP contribution in [0, 0.1) is 5.82 Å². The van der Waals surface area contributed by atoms with Crippen LogP contribution in [-0.4, -0.2) is 6.61 Å². The third-order valence-corrected chi connectivity index (χ3v) is 2.57. The van der Waals surface area contributed by atoms with E-state index in [4.69, 9.17) is 10.5 Å². The number of fused-ring (bicyclic) bond motifs is 1. The molecule has 0 saturated heterocycles. The van der Waals surface area contributed by atoms with Gasteiger partial charge in [0.2, 0.25) is 0 Å². The Balaban J connectivity index is 2.56. The van der Waals surface area contributed by atoms with E-state index in [1.165, 1.54) is 6.07 Å². The van der Waals surface area contributed by atoms with E-state index in [1.807, 2.05) is 6.07 Å². The maximum absolute atomic E-state index is 13.3. The van der Waals surface area contributed by atoms with Crippen molar-refractivity contribution in [2.24, 2.45) is 5.73 Å². The average Bonchev–Trinajstić information content (AvgIpc) is 2.07. The molecule has 0 fully saturated rings. The second kappa shape index (κ2) is 3.27. The van der Waals surface area contributed by atoms with Gasteiger partial charge in [-0.3, -0.25) is 0 Å². The Morgan fingerprint density at radius 3 is 3.08 bits per heavy atom. The van der Waals surface area contributed by atoms with Gasteiger partial charge in [0.25, 0.3) is 0 Å². The molecule has 0 spiro atoms. The Kier molecular flexibility index (Phi) is 2.26. The number of benzene rings is 1. The quantitative estimate of drug-likeness (QED) is 0.762. The Bertz CT molecular complexity index is 343. The molecule has 2 rings (SSSR count). The van der Waals surface area contributed by atoms with Crippen LogP contribution in [0.25, 0.3) is 0 Å². The van der Waals surface area contributed by atoms with Crippen molar-refractivity contribution in [2.45, 2.75) is 12.5 Å². The van der Waals surface area contributed by atoms with Crippen molar-refractivity contribution in [3.05, 3.63) is 28.0 Å². The van der Waals surface area contributed by atoms with Crippen molar-refractivity contribution in [1.29, 1.82) is 0 Å². The molecule has 2 nitrogen and oxygen atoms in total. The molecule has 0 saturated carbocycles. The fourth-order valence-corrected chi connectivity index (χ4v) is 1.90. The normalized spacial score (nSPS) is 20.7. The number of hydrogen-bond acceptors (Lipinski definition) is 2. The maximum atomic E-state index is 13.3. The monoisotopic (exact) mass is 245 g/mol. The maximum Gasteiger partial charge on any atom is 0.166 e. The molecule has 1 heterocycles. The molecule has 1 aliphatic rings. The summed E-state index contributed by atoms with van der Waals surface area (Å²) < 4.78 is 19.2. The smallest absolute Gasteiger partial charge is 0.166 e. The predicted octanol–water partition coefficient (Wildman–Crippen LogP) is 2.37. The van der Waals surface area contributed by atoms with Crippen LogP contribution in [-0.2, 0) is 0 Å². The predicted molar refractivity (Wildman–Crippen MR) is 51.1 cm³/mol. The highest BCUT2D eigenvalue weighted by Crippen LogP contribution is 2.35. The molecule has 0 aliphatic carbocycles. The zero-order chi connectivity index (χ0) is 9.42. The molecule has 70 valence electrons. The van der Waals surface area contributed by atoms with E-state index in [-0.39, 0.29) is 11.9 Å². The fourth-order valence-electron chi connectivity index (χ4n) is 1.45. The molecule has 0 unspecified atom stereocenters. The Hall–Kier alpha value is -0.610. The minimum absolute atomic E-state index is 0.115. The molecule has 0 bridgehead atoms. The van der Waals surface area contributed by atoms with E-state index in [0.717, 1.165) is 12.0 Å². The molecule has 1 atom stereocenters. The van der Waals surface area contributed by atoms with Crippen molar-refractivity contribution in [1.82, 2.24) is 0 Å². The van der Waals surface area contributed by atoms with Gasteiger partial charge in [-0.05, 0) is 12.1 Å². The average molecular weight is 246 g/mol. The summed E-state index contributed by atoms with van der Waals surface area (Å²) in [5.41, 5.74) is 6.56. The van der Waals surface area contributed by atoms with Gasteiger partial charge in [0, 0.05) is 22.5 Å². The molecule has 1 aliphatic heterocycles. The zero-order valence-corrected chi connectivity index (χ0v) is 8.47. The van der Waals surface area contributed by atoms with Gasteiger partial charge < -0.3 is 10.5 Å². The summed E-state index contributed by atoms with van der Waals surface area (Å²) in [5.74, 6) is -0.0403. The molecule has 0 amide bonds. The Morgan fingerprint density at radius 2 is 2.31 bits per heavy atom. The first kappa shape index (κ1) is 8.97. The highest BCUT2D eigenvalue weighted by atomic mass is 79.9. The minimum atomic E-state index is -0.348. The van der Waals surface area contributed by atoms with Crippen LogP contribution in [0.15, 0.2) is 16.6 Å². The van der Waals surface area contributed by atoms with Gasteiger partial charge in [0.15, 0.2) is 11.6 Å². The highest BCUT2D eigenvalue weighted by molar-refractivity contribution is 9.10. The lowest BCUT2D eigenvalue weighted by Crippen LogP contribution is -2.21. The van der Waals surface area contributed by atoms with Crippen LogP contribution in [0.4, 0.5) is 4.39 Å². The lowest BCUT2D eigenvalue weighted by atomic mass is 10.0. The van der Waals surface area contributed by atoms with Crippen LogP contribution in [0.3, 0.4) is 0 Å². The van der Waals surface area contributed by atoms with E-state index in [9.17, 15) is 4.39 Å². The summed E-state index contributed by atoms with van der Waals surface area (Å²) in [7, 11) is 0. The molecule has 1 aromatic carbocycles. The zero-order valence-electron chi connectivity index (χ0n) is 6.89. The van der Waals surface area contributed by atoms with Crippen LogP contribution in [0.2, 0.25) is 0 Å². The van der Waals surface area contributed by atoms with Crippen molar-refractivity contribution in [2.75, 3.05) is 6.61 Å². The van der Waals surface area contributed by atoms with E-state index >= 15 is 0 Å². The van der Waals surface area contributed by atoms with E-state index in [1.54, 1.807) is 0 Å². The van der Waals surface area contributed by atoms with Gasteiger partial charge in [-0.1, -0.05) is 15.9 Å². The van der Waals surface area contributed by atoms with E-state index < -0.39 is 0 Å². The van der Waals surface area contributed by atoms with Crippen LogP contribution in [0.1, 0.15) is 18.0 Å². The second-order valence-corrected chi connectivity index (χ2v) is 3.97. The van der Waals surface area contributed by atoms with Gasteiger partial charge in [0.1, 0.15) is 0 Å². The first-order chi connectivity index (χ1) is 6.18. The third-order valence-electron chi connectivity index (χ3n) is 2.11. The SMILES string of the molecule is N[C@H]1CCOc2c(F)cc(Br)cc21. The Labute approximate surface area is 84.0 Å².